The molecule has 0 aliphatic heterocycles. The van der Waals surface area contributed by atoms with Gasteiger partial charge in [-0.3, -0.25) is 4.89 Å². The second kappa shape index (κ2) is 12.7. The molecule has 0 rings (SSSR count). The van der Waals surface area contributed by atoms with Crippen molar-refractivity contribution < 1.29 is 37.5 Å². The van der Waals surface area contributed by atoms with E-state index in [1.807, 2.05) is 6.92 Å². The third-order valence-corrected chi connectivity index (χ3v) is 1.50. The second-order valence-corrected chi connectivity index (χ2v) is 4.53. The fourth-order valence-electron chi connectivity index (χ4n) is 0.965. The van der Waals surface area contributed by atoms with Gasteiger partial charge in [0.05, 0.1) is 39.1 Å². The largest absolute Gasteiger partial charge is 0.549 e. The monoisotopic (exact) mass is 306 g/mol. The van der Waals surface area contributed by atoms with Crippen LogP contribution in [0.3, 0.4) is 0 Å². The Morgan fingerprint density at radius 3 is 2.21 bits per heavy atom. The Bertz CT molecular complexity index is 262. The average molecular weight is 306 g/mol. The van der Waals surface area contributed by atoms with E-state index in [0.717, 1.165) is 5.57 Å². The third kappa shape index (κ3) is 31.8. The Hall–Kier alpha value is -0.370. The second-order valence-electron chi connectivity index (χ2n) is 3.66. The van der Waals surface area contributed by atoms with Crippen LogP contribution < -0.4 is 0 Å². The lowest BCUT2D eigenvalue weighted by Crippen LogP contribution is -2.17. The van der Waals surface area contributed by atoms with Crippen LogP contribution in [0.5, 0.6) is 0 Å². The van der Waals surface area contributed by atoms with Crippen molar-refractivity contribution in [3.05, 3.63) is 12.2 Å². The summed E-state index contributed by atoms with van der Waals surface area (Å²) in [5, 5.41) is 17.8. The van der Waals surface area contributed by atoms with Gasteiger partial charge in [-0.25, -0.2) is 4.57 Å². The molecule has 116 valence electrons. The van der Waals surface area contributed by atoms with Gasteiger partial charge in [-0.05, 0) is 13.3 Å². The van der Waals surface area contributed by atoms with Crippen molar-refractivity contribution in [3.63, 3.8) is 0 Å². The lowest BCUT2D eigenvalue weighted by molar-refractivity contribution is -0.00164. The van der Waals surface area contributed by atoms with E-state index in [9.17, 15) is 13.5 Å². The maximum atomic E-state index is 10.1. The molecule has 0 saturated carbocycles. The topological polar surface area (TPSA) is 96.2 Å². The van der Waals surface area contributed by atoms with Crippen molar-refractivity contribution >= 4 is 7.99 Å². The van der Waals surface area contributed by atoms with Crippen molar-refractivity contribution in [1.82, 2.24) is 0 Å². The van der Waals surface area contributed by atoms with Crippen molar-refractivity contribution in [1.29, 1.82) is 0 Å². The van der Waals surface area contributed by atoms with Gasteiger partial charge in [0.15, 0.2) is 0 Å². The summed E-state index contributed by atoms with van der Waals surface area (Å²) < 4.78 is 38.8. The number of halogens is 2. The van der Waals surface area contributed by atoms with Crippen LogP contribution in [0.15, 0.2) is 12.2 Å². The Labute approximate surface area is 111 Å². The van der Waals surface area contributed by atoms with Crippen LogP contribution in [0.2, 0.25) is 0 Å². The minimum atomic E-state index is -5.64. The highest BCUT2D eigenvalue weighted by Gasteiger charge is 2.09. The van der Waals surface area contributed by atoms with E-state index in [1.165, 1.54) is 0 Å². The predicted molar refractivity (Wildman–Crippen MR) is 66.2 cm³/mol. The zero-order valence-electron chi connectivity index (χ0n) is 10.8. The smallest absolute Gasteiger partial charge is 0.394 e. The summed E-state index contributed by atoms with van der Waals surface area (Å²) in [5.74, 6) is 0. The molecule has 0 radical (unpaired) electrons. The zero-order chi connectivity index (χ0) is 15.3. The molecule has 0 aromatic heterocycles. The van der Waals surface area contributed by atoms with Gasteiger partial charge in [-0.2, -0.15) is 0 Å². The molecule has 0 fully saturated rings. The molecule has 19 heavy (non-hydrogen) atoms. The van der Waals surface area contributed by atoms with E-state index in [4.69, 9.17) is 24.0 Å². The van der Waals surface area contributed by atoms with E-state index in [-0.39, 0.29) is 6.61 Å². The van der Waals surface area contributed by atoms with E-state index >= 15 is 0 Å². The Balaban J connectivity index is 0. The van der Waals surface area contributed by atoms with Crippen molar-refractivity contribution in [3.8, 4) is 0 Å². The van der Waals surface area contributed by atoms with Crippen molar-refractivity contribution in [2.45, 2.75) is 19.4 Å². The Morgan fingerprint density at radius 2 is 1.79 bits per heavy atom. The van der Waals surface area contributed by atoms with E-state index in [0.29, 0.717) is 32.8 Å². The summed E-state index contributed by atoms with van der Waals surface area (Å²) >= 11 is 0. The number of ether oxygens (including phenoxy) is 2. The van der Waals surface area contributed by atoms with E-state index in [2.05, 4.69) is 6.58 Å². The quantitative estimate of drug-likeness (QED) is 0.338. The summed E-state index contributed by atoms with van der Waals surface area (Å²) in [6, 6.07) is 0. The van der Waals surface area contributed by atoms with E-state index < -0.39 is 14.1 Å². The summed E-state index contributed by atoms with van der Waals surface area (Å²) in [6.45, 7) is 7.11. The molecule has 0 aliphatic rings. The molecular weight excluding hydrogens is 285 g/mol. The molecular formula is C10H21F2O6P. The molecule has 0 aliphatic carbocycles. The first-order valence-corrected chi connectivity index (χ1v) is 6.91. The molecule has 6 nitrogen and oxygen atoms in total. The number of rotatable bonds is 9. The average Bonchev–Trinajstić information content (AvgIpc) is 2.19. The molecule has 0 heterocycles. The normalized spacial score (nSPS) is 12.5. The lowest BCUT2D eigenvalue weighted by Gasteiger charge is -2.10. The van der Waals surface area contributed by atoms with Gasteiger partial charge in [0, 0.05) is 0 Å². The molecule has 1 unspecified atom stereocenters. The van der Waals surface area contributed by atoms with Crippen LogP contribution >= 0.6 is 7.99 Å². The predicted octanol–water partition coefficient (Wildman–Crippen LogP) is 1.36. The molecule has 9 heteroatoms. The maximum Gasteiger partial charge on any atom is 0.549 e. The highest BCUT2D eigenvalue weighted by atomic mass is 31.2. The maximum absolute atomic E-state index is 10.1. The summed E-state index contributed by atoms with van der Waals surface area (Å²) in [5.41, 5.74) is 0.942. The van der Waals surface area contributed by atoms with Gasteiger partial charge in [0.1, 0.15) is 0 Å². The fraction of sp³-hybridized carbons (Fsp3) is 0.800. The molecule has 3 N–H and O–H groups in total. The Morgan fingerprint density at radius 1 is 1.32 bits per heavy atom. The molecule has 1 atom stereocenters. The van der Waals surface area contributed by atoms with Crippen molar-refractivity contribution in [2.24, 2.45) is 0 Å². The number of hydrogen-bond donors (Lipinski definition) is 3. The van der Waals surface area contributed by atoms with Crippen LogP contribution in [0.25, 0.3) is 0 Å². The van der Waals surface area contributed by atoms with Crippen LogP contribution in [0.4, 0.5) is 8.39 Å². The number of hydrogen-bond acceptors (Lipinski definition) is 5. The SMILES string of the molecule is C=C(C)CC(O)COCCOCCO.O=P(O)(F)F. The summed E-state index contributed by atoms with van der Waals surface area (Å²) in [6.07, 6.45) is 0.0858. The summed E-state index contributed by atoms with van der Waals surface area (Å²) in [4.78, 5) is 6.74. The first kappa shape index (κ1) is 20.9. The van der Waals surface area contributed by atoms with Crippen LogP contribution in [-0.2, 0) is 14.0 Å². The third-order valence-electron chi connectivity index (χ3n) is 1.50. The molecule has 0 bridgehead atoms. The Kier molecular flexibility index (Phi) is 13.9. The lowest BCUT2D eigenvalue weighted by atomic mass is 10.1. The van der Waals surface area contributed by atoms with Gasteiger partial charge in [-0.15, -0.1) is 15.0 Å². The van der Waals surface area contributed by atoms with E-state index in [1.54, 1.807) is 0 Å². The van der Waals surface area contributed by atoms with Gasteiger partial charge < -0.3 is 19.7 Å². The zero-order valence-corrected chi connectivity index (χ0v) is 11.7. The number of aliphatic hydroxyl groups excluding tert-OH is 2. The molecule has 0 spiro atoms. The number of aliphatic hydroxyl groups is 2. The molecule has 0 saturated heterocycles. The first-order chi connectivity index (χ1) is 8.66. The van der Waals surface area contributed by atoms with Gasteiger partial charge in [-0.1, -0.05) is 5.57 Å². The highest BCUT2D eigenvalue weighted by Crippen LogP contribution is 2.43. The molecule has 0 amide bonds. The molecule has 0 aromatic carbocycles. The van der Waals surface area contributed by atoms with Crippen LogP contribution in [0, 0.1) is 0 Å². The van der Waals surface area contributed by atoms with Crippen LogP contribution in [0.1, 0.15) is 13.3 Å². The van der Waals surface area contributed by atoms with Gasteiger partial charge >= 0.3 is 7.99 Å². The van der Waals surface area contributed by atoms with Gasteiger partial charge in [0.25, 0.3) is 0 Å². The minimum absolute atomic E-state index is 0.0261. The van der Waals surface area contributed by atoms with Crippen molar-refractivity contribution in [2.75, 3.05) is 33.0 Å². The highest BCUT2D eigenvalue weighted by molar-refractivity contribution is 7.46. The first-order valence-electron chi connectivity index (χ1n) is 5.47. The molecule has 0 aromatic rings. The van der Waals surface area contributed by atoms with Gasteiger partial charge in [0.2, 0.25) is 0 Å². The summed E-state index contributed by atoms with van der Waals surface area (Å²) in [7, 11) is -5.64. The standard InChI is InChI=1S/C10H20O4.F2HO2P/c1-9(2)7-10(12)8-14-6-5-13-4-3-11;1-5(2,3)4/h10-12H,1,3-8H2,2H3;(H,3,4). The fourth-order valence-corrected chi connectivity index (χ4v) is 0.965. The minimum Gasteiger partial charge on any atom is -0.394 e. The van der Waals surface area contributed by atoms with Crippen LogP contribution in [-0.4, -0.2) is 54.2 Å².